The summed E-state index contributed by atoms with van der Waals surface area (Å²) < 4.78 is 1.16. The molecule has 150 valence electrons. The number of aliphatic imine (C=N–C) groups is 1. The first kappa shape index (κ1) is 23.6. The number of thiophene rings is 1. The van der Waals surface area contributed by atoms with Crippen LogP contribution in [0.2, 0.25) is 0 Å². The second kappa shape index (κ2) is 10.8. The molecule has 0 saturated carbocycles. The molecule has 27 heavy (non-hydrogen) atoms. The van der Waals surface area contributed by atoms with E-state index in [-0.39, 0.29) is 29.9 Å². The molecule has 2 rings (SSSR count). The van der Waals surface area contributed by atoms with Crippen molar-refractivity contribution in [1.29, 1.82) is 0 Å². The highest BCUT2D eigenvalue weighted by Gasteiger charge is 2.27. The van der Waals surface area contributed by atoms with Gasteiger partial charge in [0.2, 0.25) is 5.91 Å². The average molecular weight is 504 g/mol. The SMILES string of the molecule is CCNC(=O)C(C)(C)CNC(=NC)NCC(O)c1cc2ccccc2s1.I. The summed E-state index contributed by atoms with van der Waals surface area (Å²) >= 11 is 1.59. The smallest absolute Gasteiger partial charge is 0.227 e. The highest BCUT2D eigenvalue weighted by molar-refractivity contribution is 14.0. The summed E-state index contributed by atoms with van der Waals surface area (Å²) in [5.41, 5.74) is -0.558. The normalized spacial score (nSPS) is 13.0. The lowest BCUT2D eigenvalue weighted by molar-refractivity contribution is -0.128. The maximum atomic E-state index is 12.1. The molecule has 0 saturated heterocycles. The van der Waals surface area contributed by atoms with Crippen molar-refractivity contribution in [1.82, 2.24) is 16.0 Å². The van der Waals surface area contributed by atoms with Crippen molar-refractivity contribution in [2.45, 2.75) is 26.9 Å². The Balaban J connectivity index is 0.00000364. The summed E-state index contributed by atoms with van der Waals surface area (Å²) in [5, 5.41) is 20.7. The highest BCUT2D eigenvalue weighted by Crippen LogP contribution is 2.29. The van der Waals surface area contributed by atoms with Gasteiger partial charge in [-0.25, -0.2) is 0 Å². The fourth-order valence-corrected chi connectivity index (χ4v) is 3.52. The Labute approximate surface area is 181 Å². The van der Waals surface area contributed by atoms with E-state index in [4.69, 9.17) is 0 Å². The summed E-state index contributed by atoms with van der Waals surface area (Å²) in [5.74, 6) is 0.552. The van der Waals surface area contributed by atoms with E-state index in [2.05, 4.69) is 20.9 Å². The van der Waals surface area contributed by atoms with Gasteiger partial charge in [-0.15, -0.1) is 35.3 Å². The molecule has 0 aliphatic carbocycles. The van der Waals surface area contributed by atoms with Gasteiger partial charge in [0.1, 0.15) is 6.10 Å². The lowest BCUT2D eigenvalue weighted by atomic mass is 9.92. The van der Waals surface area contributed by atoms with Crippen LogP contribution in [0, 0.1) is 5.41 Å². The second-order valence-corrected chi connectivity index (χ2v) is 7.87. The predicted molar refractivity (Wildman–Crippen MR) is 124 cm³/mol. The molecular formula is C19H29IN4O2S. The van der Waals surface area contributed by atoms with Crippen LogP contribution in [0.4, 0.5) is 0 Å². The zero-order chi connectivity index (χ0) is 19.2. The molecule has 1 aromatic heterocycles. The molecule has 6 nitrogen and oxygen atoms in total. The minimum Gasteiger partial charge on any atom is -0.386 e. The monoisotopic (exact) mass is 504 g/mol. The van der Waals surface area contributed by atoms with Gasteiger partial charge in [-0.3, -0.25) is 9.79 Å². The molecule has 2 aromatic rings. The Morgan fingerprint density at radius 1 is 1.26 bits per heavy atom. The molecule has 0 fully saturated rings. The molecule has 1 amide bonds. The number of amides is 1. The fourth-order valence-electron chi connectivity index (χ4n) is 2.47. The third-order valence-corrected chi connectivity index (χ3v) is 5.33. The number of carbonyl (C=O) groups excluding carboxylic acids is 1. The highest BCUT2D eigenvalue weighted by atomic mass is 127. The molecule has 1 aromatic carbocycles. The number of guanidine groups is 1. The largest absolute Gasteiger partial charge is 0.386 e. The molecule has 0 aliphatic rings. The predicted octanol–water partition coefficient (Wildman–Crippen LogP) is 2.88. The average Bonchev–Trinajstić information content (AvgIpc) is 3.06. The number of nitrogens with one attached hydrogen (secondary N) is 3. The van der Waals surface area contributed by atoms with Crippen LogP contribution in [-0.4, -0.2) is 43.7 Å². The quantitative estimate of drug-likeness (QED) is 0.266. The van der Waals surface area contributed by atoms with Crippen LogP contribution in [0.25, 0.3) is 10.1 Å². The number of nitrogens with zero attached hydrogens (tertiary/aromatic N) is 1. The van der Waals surface area contributed by atoms with Crippen LogP contribution in [0.15, 0.2) is 35.3 Å². The van der Waals surface area contributed by atoms with E-state index in [1.807, 2.05) is 51.1 Å². The number of fused-ring (bicyclic) bond motifs is 1. The van der Waals surface area contributed by atoms with E-state index < -0.39 is 11.5 Å². The molecule has 8 heteroatoms. The number of aliphatic hydroxyl groups is 1. The molecular weight excluding hydrogens is 475 g/mol. The summed E-state index contributed by atoms with van der Waals surface area (Å²) in [4.78, 5) is 17.1. The Hall–Kier alpha value is -1.39. The van der Waals surface area contributed by atoms with Gasteiger partial charge < -0.3 is 21.1 Å². The summed E-state index contributed by atoms with van der Waals surface area (Å²) in [6.07, 6.45) is -0.623. The van der Waals surface area contributed by atoms with Crippen LogP contribution in [0.3, 0.4) is 0 Å². The van der Waals surface area contributed by atoms with Gasteiger partial charge in [-0.05, 0) is 38.3 Å². The van der Waals surface area contributed by atoms with E-state index >= 15 is 0 Å². The van der Waals surface area contributed by atoms with Gasteiger partial charge in [0.25, 0.3) is 0 Å². The van der Waals surface area contributed by atoms with Gasteiger partial charge in [0.15, 0.2) is 5.96 Å². The maximum Gasteiger partial charge on any atom is 0.227 e. The van der Waals surface area contributed by atoms with Crippen LogP contribution >= 0.6 is 35.3 Å². The van der Waals surface area contributed by atoms with E-state index in [0.29, 0.717) is 25.6 Å². The number of carbonyl (C=O) groups is 1. The second-order valence-electron chi connectivity index (χ2n) is 6.75. The fraction of sp³-hybridized carbons (Fsp3) is 0.474. The number of aliphatic hydroxyl groups excluding tert-OH is 1. The lowest BCUT2D eigenvalue weighted by Gasteiger charge is -2.25. The minimum absolute atomic E-state index is 0. The van der Waals surface area contributed by atoms with Crippen molar-refractivity contribution in [2.24, 2.45) is 10.4 Å². The minimum atomic E-state index is -0.623. The molecule has 0 radical (unpaired) electrons. The van der Waals surface area contributed by atoms with E-state index in [0.717, 1.165) is 15.0 Å². The third kappa shape index (κ3) is 6.62. The Morgan fingerprint density at radius 3 is 2.59 bits per heavy atom. The summed E-state index contributed by atoms with van der Waals surface area (Å²) in [6, 6.07) is 10.1. The first-order valence-corrected chi connectivity index (χ1v) is 9.58. The van der Waals surface area contributed by atoms with Gasteiger partial charge in [0.05, 0.1) is 5.41 Å². The maximum absolute atomic E-state index is 12.1. The van der Waals surface area contributed by atoms with Crippen LogP contribution in [-0.2, 0) is 4.79 Å². The Kier molecular flexibility index (Phi) is 9.48. The Bertz CT molecular complexity index is 743. The molecule has 1 unspecified atom stereocenters. The van der Waals surface area contributed by atoms with Crippen molar-refractivity contribution in [3.8, 4) is 0 Å². The van der Waals surface area contributed by atoms with Crippen molar-refractivity contribution < 1.29 is 9.90 Å². The number of rotatable bonds is 7. The number of hydrogen-bond acceptors (Lipinski definition) is 4. The van der Waals surface area contributed by atoms with Gasteiger partial charge in [0, 0.05) is 36.3 Å². The van der Waals surface area contributed by atoms with Crippen LogP contribution < -0.4 is 16.0 Å². The van der Waals surface area contributed by atoms with Crippen molar-refractivity contribution in [3.05, 3.63) is 35.2 Å². The lowest BCUT2D eigenvalue weighted by Crippen LogP contribution is -2.48. The van der Waals surface area contributed by atoms with E-state index in [1.165, 1.54) is 0 Å². The van der Waals surface area contributed by atoms with Crippen molar-refractivity contribution in [3.63, 3.8) is 0 Å². The van der Waals surface area contributed by atoms with Gasteiger partial charge in [-0.2, -0.15) is 0 Å². The molecule has 0 bridgehead atoms. The van der Waals surface area contributed by atoms with E-state index in [1.54, 1.807) is 18.4 Å². The van der Waals surface area contributed by atoms with Gasteiger partial charge >= 0.3 is 0 Å². The van der Waals surface area contributed by atoms with Crippen molar-refractivity contribution in [2.75, 3.05) is 26.7 Å². The molecule has 1 heterocycles. The van der Waals surface area contributed by atoms with Crippen LogP contribution in [0.5, 0.6) is 0 Å². The van der Waals surface area contributed by atoms with Gasteiger partial charge in [-0.1, -0.05) is 18.2 Å². The topological polar surface area (TPSA) is 85.8 Å². The first-order chi connectivity index (χ1) is 12.4. The number of benzene rings is 1. The summed E-state index contributed by atoms with van der Waals surface area (Å²) in [7, 11) is 1.67. The molecule has 0 aliphatic heterocycles. The van der Waals surface area contributed by atoms with E-state index in [9.17, 15) is 9.90 Å². The molecule has 0 spiro atoms. The molecule has 1 atom stereocenters. The number of halogens is 1. The van der Waals surface area contributed by atoms with Crippen molar-refractivity contribution >= 4 is 57.3 Å². The van der Waals surface area contributed by atoms with Crippen LogP contribution in [0.1, 0.15) is 31.8 Å². The molecule has 4 N–H and O–H groups in total. The number of hydrogen-bond donors (Lipinski definition) is 4. The zero-order valence-corrected chi connectivity index (χ0v) is 19.4. The standard InChI is InChI=1S/C19H28N4O2S.HI/c1-5-21-17(25)19(2,3)12-23-18(20-4)22-11-14(24)16-10-13-8-6-7-9-15(13)26-16;/h6-10,14,24H,5,11-12H2,1-4H3,(H,21,25)(H2,20,22,23);1H. The Morgan fingerprint density at radius 2 is 1.96 bits per heavy atom. The summed E-state index contributed by atoms with van der Waals surface area (Å²) in [6.45, 7) is 7.05. The zero-order valence-electron chi connectivity index (χ0n) is 16.2. The first-order valence-electron chi connectivity index (χ1n) is 8.76. The third-order valence-electron chi connectivity index (χ3n) is 4.11.